The molecule has 19 heavy (non-hydrogen) atoms. The minimum Gasteiger partial charge on any atom is -0.467 e. The second-order valence-electron chi connectivity index (χ2n) is 3.73. The SMILES string of the molecule is O=C(NC(=S)NCc1ccco1)c1cccc(I)c1. The molecular formula is C13H11IN2O2S. The molecule has 2 aromatic rings. The molecule has 2 rings (SSSR count). The highest BCUT2D eigenvalue weighted by atomic mass is 127. The zero-order valence-electron chi connectivity index (χ0n) is 9.85. The summed E-state index contributed by atoms with van der Waals surface area (Å²) in [7, 11) is 0. The van der Waals surface area contributed by atoms with Crippen molar-refractivity contribution in [1.82, 2.24) is 10.6 Å². The average Bonchev–Trinajstić information content (AvgIpc) is 2.89. The third-order valence-corrected chi connectivity index (χ3v) is 3.23. The van der Waals surface area contributed by atoms with Gasteiger partial charge in [-0.2, -0.15) is 0 Å². The van der Waals surface area contributed by atoms with Crippen molar-refractivity contribution < 1.29 is 9.21 Å². The van der Waals surface area contributed by atoms with Crippen LogP contribution in [0.4, 0.5) is 0 Å². The van der Waals surface area contributed by atoms with Gasteiger partial charge in [-0.3, -0.25) is 10.1 Å². The Balaban J connectivity index is 1.86. The number of amides is 1. The first-order valence-electron chi connectivity index (χ1n) is 5.52. The van der Waals surface area contributed by atoms with Gasteiger partial charge in [-0.1, -0.05) is 6.07 Å². The lowest BCUT2D eigenvalue weighted by molar-refractivity contribution is 0.0976. The summed E-state index contributed by atoms with van der Waals surface area (Å²) in [5, 5.41) is 5.80. The summed E-state index contributed by atoms with van der Waals surface area (Å²) < 4.78 is 6.15. The van der Waals surface area contributed by atoms with Crippen LogP contribution >= 0.6 is 34.8 Å². The van der Waals surface area contributed by atoms with Gasteiger partial charge < -0.3 is 9.73 Å². The molecule has 0 fully saturated rings. The van der Waals surface area contributed by atoms with Gasteiger partial charge in [-0.25, -0.2) is 0 Å². The predicted molar refractivity (Wildman–Crippen MR) is 84.8 cm³/mol. The number of hydrogen-bond donors (Lipinski definition) is 2. The molecule has 6 heteroatoms. The summed E-state index contributed by atoms with van der Waals surface area (Å²) in [6.07, 6.45) is 1.59. The highest BCUT2D eigenvalue weighted by Crippen LogP contribution is 2.07. The Morgan fingerprint density at radius 1 is 1.32 bits per heavy atom. The van der Waals surface area contributed by atoms with E-state index in [-0.39, 0.29) is 11.0 Å². The Labute approximate surface area is 129 Å². The largest absolute Gasteiger partial charge is 0.467 e. The Kier molecular flexibility index (Phi) is 4.92. The lowest BCUT2D eigenvalue weighted by Crippen LogP contribution is -2.38. The second-order valence-corrected chi connectivity index (χ2v) is 5.38. The molecule has 0 unspecified atom stereocenters. The van der Waals surface area contributed by atoms with E-state index in [1.54, 1.807) is 24.5 Å². The van der Waals surface area contributed by atoms with Crippen molar-refractivity contribution in [3.05, 3.63) is 57.6 Å². The predicted octanol–water partition coefficient (Wildman–Crippen LogP) is 2.69. The number of hydrogen-bond acceptors (Lipinski definition) is 3. The van der Waals surface area contributed by atoms with Crippen molar-refractivity contribution >= 4 is 45.8 Å². The summed E-state index contributed by atoms with van der Waals surface area (Å²) in [4.78, 5) is 11.9. The van der Waals surface area contributed by atoms with Gasteiger partial charge in [0.05, 0.1) is 12.8 Å². The molecule has 1 aromatic heterocycles. The minimum absolute atomic E-state index is 0.226. The van der Waals surface area contributed by atoms with Gasteiger partial charge in [-0.15, -0.1) is 0 Å². The van der Waals surface area contributed by atoms with E-state index in [9.17, 15) is 4.79 Å². The van der Waals surface area contributed by atoms with E-state index in [4.69, 9.17) is 16.6 Å². The summed E-state index contributed by atoms with van der Waals surface area (Å²) in [6.45, 7) is 0.443. The van der Waals surface area contributed by atoms with E-state index >= 15 is 0 Å². The van der Waals surface area contributed by atoms with Crippen molar-refractivity contribution in [1.29, 1.82) is 0 Å². The van der Waals surface area contributed by atoms with Gasteiger partial charge in [0.25, 0.3) is 5.91 Å². The highest BCUT2D eigenvalue weighted by molar-refractivity contribution is 14.1. The molecule has 1 aromatic carbocycles. The van der Waals surface area contributed by atoms with Gasteiger partial charge in [0.15, 0.2) is 5.11 Å². The molecule has 2 N–H and O–H groups in total. The monoisotopic (exact) mass is 386 g/mol. The highest BCUT2D eigenvalue weighted by Gasteiger charge is 2.08. The number of nitrogens with one attached hydrogen (secondary N) is 2. The quantitative estimate of drug-likeness (QED) is 0.629. The molecule has 4 nitrogen and oxygen atoms in total. The third-order valence-electron chi connectivity index (χ3n) is 2.32. The first kappa shape index (κ1) is 14.0. The minimum atomic E-state index is -0.226. The van der Waals surface area contributed by atoms with E-state index in [1.165, 1.54) is 0 Å². The van der Waals surface area contributed by atoms with E-state index in [0.717, 1.165) is 9.33 Å². The van der Waals surface area contributed by atoms with Crippen LogP contribution in [0.5, 0.6) is 0 Å². The maximum absolute atomic E-state index is 11.9. The van der Waals surface area contributed by atoms with E-state index < -0.39 is 0 Å². The molecule has 0 aliphatic rings. The fourth-order valence-corrected chi connectivity index (χ4v) is 2.14. The molecular weight excluding hydrogens is 375 g/mol. The Hall–Kier alpha value is -1.41. The molecule has 98 valence electrons. The molecule has 0 saturated heterocycles. The van der Waals surface area contributed by atoms with E-state index in [0.29, 0.717) is 12.1 Å². The molecule has 1 heterocycles. The maximum atomic E-state index is 11.9. The molecule has 1 amide bonds. The van der Waals surface area contributed by atoms with Crippen molar-refractivity contribution in [3.8, 4) is 0 Å². The first-order chi connectivity index (χ1) is 9.15. The smallest absolute Gasteiger partial charge is 0.257 e. The van der Waals surface area contributed by atoms with Gasteiger partial charge in [0.2, 0.25) is 0 Å². The zero-order valence-corrected chi connectivity index (χ0v) is 12.8. The fraction of sp³-hybridized carbons (Fsp3) is 0.0769. The van der Waals surface area contributed by atoms with Crippen LogP contribution in [0.25, 0.3) is 0 Å². The first-order valence-corrected chi connectivity index (χ1v) is 7.01. The lowest BCUT2D eigenvalue weighted by Gasteiger charge is -2.08. The Morgan fingerprint density at radius 3 is 2.84 bits per heavy atom. The van der Waals surface area contributed by atoms with Crippen LogP contribution in [0.1, 0.15) is 16.1 Å². The molecule has 0 atom stereocenters. The molecule has 0 spiro atoms. The van der Waals surface area contributed by atoms with Gasteiger partial charge >= 0.3 is 0 Å². The maximum Gasteiger partial charge on any atom is 0.257 e. The summed E-state index contributed by atoms with van der Waals surface area (Å²) in [5.41, 5.74) is 0.578. The number of carbonyl (C=O) groups is 1. The molecule has 0 saturated carbocycles. The number of thiocarbonyl (C=S) groups is 1. The van der Waals surface area contributed by atoms with Gasteiger partial charge in [0, 0.05) is 9.13 Å². The van der Waals surface area contributed by atoms with Crippen LogP contribution in [0, 0.1) is 3.57 Å². The van der Waals surface area contributed by atoms with Crippen LogP contribution in [-0.4, -0.2) is 11.0 Å². The van der Waals surface area contributed by atoms with Crippen LogP contribution in [0.2, 0.25) is 0 Å². The summed E-state index contributed by atoms with van der Waals surface area (Å²) in [6, 6.07) is 10.9. The summed E-state index contributed by atoms with van der Waals surface area (Å²) in [5.74, 6) is 0.529. The zero-order chi connectivity index (χ0) is 13.7. The molecule has 0 bridgehead atoms. The number of halogens is 1. The van der Waals surface area contributed by atoms with Gasteiger partial charge in [-0.05, 0) is 65.1 Å². The van der Waals surface area contributed by atoms with Crippen LogP contribution in [0.15, 0.2) is 47.1 Å². The molecule has 0 aliphatic heterocycles. The van der Waals surface area contributed by atoms with Crippen molar-refractivity contribution in [2.45, 2.75) is 6.54 Å². The van der Waals surface area contributed by atoms with Crippen LogP contribution in [-0.2, 0) is 6.54 Å². The van der Waals surface area contributed by atoms with Crippen LogP contribution < -0.4 is 10.6 Å². The lowest BCUT2D eigenvalue weighted by atomic mass is 10.2. The number of carbonyl (C=O) groups excluding carboxylic acids is 1. The van der Waals surface area contributed by atoms with Crippen molar-refractivity contribution in [2.24, 2.45) is 0 Å². The third kappa shape index (κ3) is 4.32. The molecule has 0 aliphatic carbocycles. The van der Waals surface area contributed by atoms with Crippen LogP contribution in [0.3, 0.4) is 0 Å². The molecule has 0 radical (unpaired) electrons. The number of furan rings is 1. The summed E-state index contributed by atoms with van der Waals surface area (Å²) >= 11 is 7.20. The number of benzene rings is 1. The normalized spacial score (nSPS) is 9.95. The fourth-order valence-electron chi connectivity index (χ4n) is 1.43. The number of rotatable bonds is 3. The topological polar surface area (TPSA) is 54.3 Å². The Bertz CT molecular complexity index is 584. The van der Waals surface area contributed by atoms with E-state index in [2.05, 4.69) is 33.2 Å². The van der Waals surface area contributed by atoms with Gasteiger partial charge in [0.1, 0.15) is 5.76 Å². The van der Waals surface area contributed by atoms with E-state index in [1.807, 2.05) is 18.2 Å². The van der Waals surface area contributed by atoms with Crippen molar-refractivity contribution in [2.75, 3.05) is 0 Å². The Morgan fingerprint density at radius 2 is 2.16 bits per heavy atom. The van der Waals surface area contributed by atoms with Crippen molar-refractivity contribution in [3.63, 3.8) is 0 Å². The standard InChI is InChI=1S/C13H11IN2O2S/c14-10-4-1-3-9(7-10)12(17)16-13(19)15-8-11-5-2-6-18-11/h1-7H,8H2,(H2,15,16,17,19). The second kappa shape index (κ2) is 6.67. The average molecular weight is 386 g/mol.